The Hall–Kier alpha value is -1.06. The van der Waals surface area contributed by atoms with Crippen LogP contribution in [0.15, 0.2) is 24.3 Å². The monoisotopic (exact) mass is 249 g/mol. The maximum absolute atomic E-state index is 5.43. The molecule has 1 saturated heterocycles. The zero-order valence-electron chi connectivity index (χ0n) is 11.3. The highest BCUT2D eigenvalue weighted by Gasteiger charge is 2.21. The third-order valence-electron chi connectivity index (χ3n) is 3.53. The number of benzene rings is 1. The molecule has 1 aromatic rings. The molecule has 1 N–H and O–H groups in total. The first kappa shape index (κ1) is 13.4. The van der Waals surface area contributed by atoms with E-state index in [0.29, 0.717) is 12.0 Å². The van der Waals surface area contributed by atoms with Gasteiger partial charge in [-0.05, 0) is 43.9 Å². The van der Waals surface area contributed by atoms with Crippen LogP contribution in [0, 0.1) is 5.92 Å². The minimum atomic E-state index is 0.513. The molecule has 0 amide bonds. The Labute approximate surface area is 109 Å². The van der Waals surface area contributed by atoms with Crippen LogP contribution in [0.4, 0.5) is 0 Å². The first-order valence-electron chi connectivity index (χ1n) is 6.82. The summed E-state index contributed by atoms with van der Waals surface area (Å²) in [6.07, 6.45) is 1.18. The van der Waals surface area contributed by atoms with Crippen molar-refractivity contribution in [3.63, 3.8) is 0 Å². The smallest absolute Gasteiger partial charge is 0.119 e. The van der Waals surface area contributed by atoms with E-state index in [2.05, 4.69) is 24.4 Å². The maximum atomic E-state index is 5.43. The van der Waals surface area contributed by atoms with Gasteiger partial charge in [0.05, 0.1) is 13.2 Å². The number of ether oxygens (including phenoxy) is 2. The lowest BCUT2D eigenvalue weighted by Crippen LogP contribution is -2.33. The molecule has 1 aliphatic rings. The Morgan fingerprint density at radius 2 is 2.17 bits per heavy atom. The predicted octanol–water partition coefficient (Wildman–Crippen LogP) is 2.60. The second-order valence-electron chi connectivity index (χ2n) is 4.87. The molecule has 1 fully saturated rings. The van der Waals surface area contributed by atoms with Crippen LogP contribution in [0.1, 0.15) is 25.8 Å². The molecule has 2 atom stereocenters. The maximum Gasteiger partial charge on any atom is 0.119 e. The van der Waals surface area contributed by atoms with Gasteiger partial charge in [-0.2, -0.15) is 0 Å². The molecule has 3 heteroatoms. The van der Waals surface area contributed by atoms with E-state index in [1.54, 1.807) is 0 Å². The zero-order valence-corrected chi connectivity index (χ0v) is 11.3. The molecule has 1 aliphatic heterocycles. The highest BCUT2D eigenvalue weighted by atomic mass is 16.5. The van der Waals surface area contributed by atoms with Crippen LogP contribution in [0.5, 0.6) is 5.75 Å². The van der Waals surface area contributed by atoms with Gasteiger partial charge in [0.1, 0.15) is 5.75 Å². The van der Waals surface area contributed by atoms with E-state index in [0.717, 1.165) is 32.1 Å². The lowest BCUT2D eigenvalue weighted by molar-refractivity contribution is 0.178. The van der Waals surface area contributed by atoms with Crippen LogP contribution in [0.25, 0.3) is 0 Å². The first-order chi connectivity index (χ1) is 8.79. The van der Waals surface area contributed by atoms with Crippen LogP contribution < -0.4 is 10.1 Å². The van der Waals surface area contributed by atoms with Crippen LogP contribution in [0.2, 0.25) is 0 Å². The van der Waals surface area contributed by atoms with Crippen molar-refractivity contribution in [2.24, 2.45) is 5.92 Å². The van der Waals surface area contributed by atoms with Crippen LogP contribution in [-0.2, 0) is 11.3 Å². The van der Waals surface area contributed by atoms with E-state index in [9.17, 15) is 0 Å². The quantitative estimate of drug-likeness (QED) is 0.840. The van der Waals surface area contributed by atoms with Gasteiger partial charge in [0.25, 0.3) is 0 Å². The van der Waals surface area contributed by atoms with Crippen LogP contribution >= 0.6 is 0 Å². The van der Waals surface area contributed by atoms with Gasteiger partial charge in [-0.25, -0.2) is 0 Å². The molecule has 1 heterocycles. The van der Waals surface area contributed by atoms with Crippen molar-refractivity contribution in [1.29, 1.82) is 0 Å². The van der Waals surface area contributed by atoms with Crippen LogP contribution in [0.3, 0.4) is 0 Å². The van der Waals surface area contributed by atoms with Gasteiger partial charge in [-0.1, -0.05) is 12.1 Å². The second-order valence-corrected chi connectivity index (χ2v) is 4.87. The average Bonchev–Trinajstić information content (AvgIpc) is 2.92. The van der Waals surface area contributed by atoms with Crippen molar-refractivity contribution >= 4 is 0 Å². The third-order valence-corrected chi connectivity index (χ3v) is 3.53. The van der Waals surface area contributed by atoms with E-state index >= 15 is 0 Å². The van der Waals surface area contributed by atoms with E-state index in [-0.39, 0.29) is 0 Å². The molecule has 1 aromatic carbocycles. The van der Waals surface area contributed by atoms with E-state index in [4.69, 9.17) is 9.47 Å². The van der Waals surface area contributed by atoms with Gasteiger partial charge >= 0.3 is 0 Å². The van der Waals surface area contributed by atoms with E-state index in [1.165, 1.54) is 12.0 Å². The summed E-state index contributed by atoms with van der Waals surface area (Å²) in [5, 5.41) is 3.57. The van der Waals surface area contributed by atoms with Crippen molar-refractivity contribution < 1.29 is 9.47 Å². The van der Waals surface area contributed by atoms with Gasteiger partial charge in [-0.15, -0.1) is 0 Å². The molecule has 2 unspecified atom stereocenters. The molecule has 0 aromatic heterocycles. The largest absolute Gasteiger partial charge is 0.494 e. The van der Waals surface area contributed by atoms with Gasteiger partial charge in [0.15, 0.2) is 0 Å². The third kappa shape index (κ3) is 3.72. The van der Waals surface area contributed by atoms with Crippen molar-refractivity contribution in [1.82, 2.24) is 5.32 Å². The number of hydrogen-bond acceptors (Lipinski definition) is 3. The summed E-state index contributed by atoms with van der Waals surface area (Å²) in [5.74, 6) is 1.60. The van der Waals surface area contributed by atoms with Gasteiger partial charge in [-0.3, -0.25) is 0 Å². The fourth-order valence-corrected chi connectivity index (χ4v) is 2.26. The minimum Gasteiger partial charge on any atom is -0.494 e. The number of hydrogen-bond donors (Lipinski definition) is 1. The summed E-state index contributed by atoms with van der Waals surface area (Å²) in [4.78, 5) is 0. The second kappa shape index (κ2) is 6.76. The lowest BCUT2D eigenvalue weighted by atomic mass is 10.0. The molecule has 18 heavy (non-hydrogen) atoms. The molecule has 0 saturated carbocycles. The van der Waals surface area contributed by atoms with Gasteiger partial charge < -0.3 is 14.8 Å². The van der Waals surface area contributed by atoms with E-state index in [1.807, 2.05) is 19.1 Å². The molecule has 0 aliphatic carbocycles. The summed E-state index contributed by atoms with van der Waals surface area (Å²) in [7, 11) is 0. The molecule has 0 bridgehead atoms. The standard InChI is InChI=1S/C15H23NO2/c1-3-18-15-6-4-13(5-7-15)10-16-12(2)14-8-9-17-11-14/h4-7,12,14,16H,3,8-11H2,1-2H3. The SMILES string of the molecule is CCOc1ccc(CNC(C)C2CCOC2)cc1. The number of nitrogens with one attached hydrogen (secondary N) is 1. The molecule has 100 valence electrons. The Kier molecular flexibility index (Phi) is 5.02. The highest BCUT2D eigenvalue weighted by Crippen LogP contribution is 2.17. The molecule has 0 radical (unpaired) electrons. The Bertz CT molecular complexity index is 344. The minimum absolute atomic E-state index is 0.513. The Morgan fingerprint density at radius 1 is 1.39 bits per heavy atom. The van der Waals surface area contributed by atoms with Gasteiger partial charge in [0.2, 0.25) is 0 Å². The van der Waals surface area contributed by atoms with Gasteiger partial charge in [0, 0.05) is 19.2 Å². The Balaban J connectivity index is 1.78. The van der Waals surface area contributed by atoms with E-state index < -0.39 is 0 Å². The van der Waals surface area contributed by atoms with Crippen LogP contribution in [-0.4, -0.2) is 25.9 Å². The summed E-state index contributed by atoms with van der Waals surface area (Å²) < 4.78 is 10.8. The zero-order chi connectivity index (χ0) is 12.8. The molecule has 0 spiro atoms. The van der Waals surface area contributed by atoms with Crippen molar-refractivity contribution in [2.75, 3.05) is 19.8 Å². The fourth-order valence-electron chi connectivity index (χ4n) is 2.26. The summed E-state index contributed by atoms with van der Waals surface area (Å²) in [6.45, 7) is 7.69. The summed E-state index contributed by atoms with van der Waals surface area (Å²) in [5.41, 5.74) is 1.30. The topological polar surface area (TPSA) is 30.5 Å². The average molecular weight is 249 g/mol. The normalized spacial score (nSPS) is 20.9. The number of rotatable bonds is 6. The highest BCUT2D eigenvalue weighted by molar-refractivity contribution is 5.27. The first-order valence-corrected chi connectivity index (χ1v) is 6.82. The fraction of sp³-hybridized carbons (Fsp3) is 0.600. The molecular formula is C15H23NO2. The molecular weight excluding hydrogens is 226 g/mol. The van der Waals surface area contributed by atoms with Crippen molar-refractivity contribution in [3.05, 3.63) is 29.8 Å². The molecule has 3 nitrogen and oxygen atoms in total. The Morgan fingerprint density at radius 3 is 2.78 bits per heavy atom. The molecule has 2 rings (SSSR count). The predicted molar refractivity (Wildman–Crippen MR) is 72.8 cm³/mol. The lowest BCUT2D eigenvalue weighted by Gasteiger charge is -2.19. The summed E-state index contributed by atoms with van der Waals surface area (Å²) >= 11 is 0. The van der Waals surface area contributed by atoms with Crippen molar-refractivity contribution in [3.8, 4) is 5.75 Å². The van der Waals surface area contributed by atoms with Crippen molar-refractivity contribution in [2.45, 2.75) is 32.9 Å². The summed E-state index contributed by atoms with van der Waals surface area (Å²) in [6, 6.07) is 8.82.